The van der Waals surface area contributed by atoms with Crippen LogP contribution in [0, 0.1) is 6.92 Å². The number of carboxylic acids is 3. The zero-order valence-corrected chi connectivity index (χ0v) is 28.2. The number of hydrogen-bond acceptors (Lipinski definition) is 10. The van der Waals surface area contributed by atoms with Crippen molar-refractivity contribution in [3.05, 3.63) is 29.6 Å². The van der Waals surface area contributed by atoms with Gasteiger partial charge in [-0.15, -0.1) is 0 Å². The van der Waals surface area contributed by atoms with E-state index in [0.717, 1.165) is 75.0 Å². The van der Waals surface area contributed by atoms with E-state index < -0.39 is 36.4 Å². The summed E-state index contributed by atoms with van der Waals surface area (Å²) in [6.45, 7) is 6.57. The minimum atomic E-state index is -5.08. The number of anilines is 1. The molecule has 2 unspecified atom stereocenters. The molecule has 9 N–H and O–H groups in total. The maximum Gasteiger partial charge on any atom is 0.490 e. The molecule has 2 fully saturated rings. The number of guanidine groups is 1. The molecule has 2 aliphatic rings. The summed E-state index contributed by atoms with van der Waals surface area (Å²) in [7, 11) is 0. The van der Waals surface area contributed by atoms with Crippen molar-refractivity contribution in [1.29, 1.82) is 0 Å². The van der Waals surface area contributed by atoms with E-state index in [2.05, 4.69) is 30.5 Å². The molecule has 1 amide bonds. The Morgan fingerprint density at radius 2 is 1.37 bits per heavy atom. The van der Waals surface area contributed by atoms with Gasteiger partial charge in [0.1, 0.15) is 5.82 Å². The average molecular weight is 797 g/mol. The van der Waals surface area contributed by atoms with Crippen LogP contribution in [0.1, 0.15) is 41.9 Å². The van der Waals surface area contributed by atoms with Crippen LogP contribution >= 0.6 is 0 Å². The molecule has 0 spiro atoms. The number of ether oxygens (including phenoxy) is 1. The Kier molecular flexibility index (Phi) is 18.1. The Bertz CT molecular complexity index is 1540. The van der Waals surface area contributed by atoms with Crippen LogP contribution in [0.2, 0.25) is 0 Å². The molecule has 1 aromatic heterocycles. The van der Waals surface area contributed by atoms with E-state index in [-0.39, 0.29) is 29.8 Å². The molecule has 16 nitrogen and oxygen atoms in total. The quantitative estimate of drug-likeness (QED) is 0.121. The number of halogens is 9. The molecular formula is C29H37F9N8O8. The molecule has 54 heavy (non-hydrogen) atoms. The van der Waals surface area contributed by atoms with Gasteiger partial charge >= 0.3 is 36.4 Å². The number of benzene rings is 1. The molecule has 304 valence electrons. The molecular weight excluding hydrogens is 759 g/mol. The van der Waals surface area contributed by atoms with Crippen LogP contribution in [-0.2, 0) is 19.1 Å². The third kappa shape index (κ3) is 17.5. The highest BCUT2D eigenvalue weighted by molar-refractivity contribution is 5.96. The average Bonchev–Trinajstić information content (AvgIpc) is 3.05. The summed E-state index contributed by atoms with van der Waals surface area (Å²) in [5, 5.41) is 28.8. The summed E-state index contributed by atoms with van der Waals surface area (Å²) in [5.74, 6) is -7.65. The summed E-state index contributed by atoms with van der Waals surface area (Å²) in [5.41, 5.74) is 13.2. The van der Waals surface area contributed by atoms with Crippen LogP contribution in [0.25, 0.3) is 10.9 Å². The number of carboxylic acid groups (broad SMARTS) is 3. The van der Waals surface area contributed by atoms with Crippen molar-refractivity contribution < 1.29 is 78.7 Å². The minimum Gasteiger partial charge on any atom is -0.475 e. The van der Waals surface area contributed by atoms with Gasteiger partial charge in [0.2, 0.25) is 5.82 Å². The van der Waals surface area contributed by atoms with E-state index in [1.165, 1.54) is 0 Å². The molecule has 1 aromatic carbocycles. The second-order valence-corrected chi connectivity index (χ2v) is 11.2. The lowest BCUT2D eigenvalue weighted by Crippen LogP contribution is -2.41. The number of aliphatic carboxylic acids is 3. The number of morpholine rings is 1. The molecule has 0 radical (unpaired) electrons. The van der Waals surface area contributed by atoms with Crippen LogP contribution in [0.5, 0.6) is 0 Å². The van der Waals surface area contributed by atoms with Crippen molar-refractivity contribution in [3.63, 3.8) is 0 Å². The van der Waals surface area contributed by atoms with Gasteiger partial charge in [0.15, 0.2) is 5.96 Å². The minimum absolute atomic E-state index is 0.0237. The monoisotopic (exact) mass is 796 g/mol. The number of nitrogens with zero attached hydrogens (tertiary/aromatic N) is 4. The Morgan fingerprint density at radius 1 is 0.870 bits per heavy atom. The van der Waals surface area contributed by atoms with Crippen LogP contribution in [0.4, 0.5) is 45.3 Å². The zero-order chi connectivity index (χ0) is 41.4. The topological polar surface area (TPSA) is 256 Å². The second kappa shape index (κ2) is 20.9. The molecule has 0 bridgehead atoms. The number of aliphatic imine (C=N–C) groups is 1. The molecule has 1 aliphatic heterocycles. The maximum atomic E-state index is 12.9. The standard InChI is InChI=1S/C23H34N8O2.3C2HF3O2/c1-15-6-7-17-16(14-15)20(28-18-4-2-3-5-19(18)29-23(24)25)30-21(27-17)22(32)26-8-9-31-10-12-33-13-11-31;3*3-2(4,5)1(6)7/h6-7,14,18-19H,2-5,8-13H2,1H3,(H,26,32)(H4,24,25,29)(H,27,28,30);3*(H,6,7). The fourth-order valence-corrected chi connectivity index (χ4v) is 4.49. The number of nitrogens with one attached hydrogen (secondary N) is 2. The number of alkyl halides is 9. The molecule has 1 saturated carbocycles. The number of nitrogens with two attached hydrogens (primary N) is 2. The summed E-state index contributed by atoms with van der Waals surface area (Å²) < 4.78 is 101. The van der Waals surface area contributed by atoms with Crippen molar-refractivity contribution >= 4 is 46.5 Å². The number of fused-ring (bicyclic) bond motifs is 1. The van der Waals surface area contributed by atoms with Gasteiger partial charge in [0.25, 0.3) is 5.91 Å². The van der Waals surface area contributed by atoms with Gasteiger partial charge in [-0.05, 0) is 31.9 Å². The number of rotatable bonds is 7. The lowest BCUT2D eigenvalue weighted by molar-refractivity contribution is -0.193. The Balaban J connectivity index is 0.000000566. The van der Waals surface area contributed by atoms with Gasteiger partial charge in [-0.3, -0.25) is 9.69 Å². The van der Waals surface area contributed by atoms with E-state index in [0.29, 0.717) is 12.4 Å². The van der Waals surface area contributed by atoms with Gasteiger partial charge in [-0.25, -0.2) is 29.3 Å². The summed E-state index contributed by atoms with van der Waals surface area (Å²) in [4.78, 5) is 55.5. The summed E-state index contributed by atoms with van der Waals surface area (Å²) in [6.07, 6.45) is -11.2. The number of aryl methyl sites for hydroxylation is 1. The molecule has 2 heterocycles. The Morgan fingerprint density at radius 3 is 1.85 bits per heavy atom. The number of carbonyl (C=O) groups is 4. The van der Waals surface area contributed by atoms with Gasteiger partial charge in [0, 0.05) is 31.6 Å². The number of hydrogen-bond donors (Lipinski definition) is 7. The first-order valence-electron chi connectivity index (χ1n) is 15.4. The molecule has 1 saturated heterocycles. The fraction of sp³-hybridized carbons (Fsp3) is 0.552. The Labute approximate surface area is 299 Å². The first kappa shape index (κ1) is 46.8. The smallest absolute Gasteiger partial charge is 0.475 e. The van der Waals surface area contributed by atoms with E-state index in [1.54, 1.807) is 0 Å². The summed E-state index contributed by atoms with van der Waals surface area (Å²) in [6, 6.07) is 5.97. The van der Waals surface area contributed by atoms with E-state index >= 15 is 0 Å². The third-order valence-corrected chi connectivity index (χ3v) is 6.97. The SMILES string of the molecule is Cc1ccc2nc(C(=O)NCCN3CCOCC3)nc(NC3CCCCC3N=C(N)N)c2c1.O=C(O)C(F)(F)F.O=C(O)C(F)(F)F.O=C(O)C(F)(F)F. The van der Waals surface area contributed by atoms with Crippen molar-refractivity contribution in [3.8, 4) is 0 Å². The largest absolute Gasteiger partial charge is 0.490 e. The highest BCUT2D eigenvalue weighted by atomic mass is 19.4. The van der Waals surface area contributed by atoms with Crippen LogP contribution in [-0.4, -0.2) is 130 Å². The van der Waals surface area contributed by atoms with E-state index in [4.69, 9.17) is 45.9 Å². The molecule has 2 atom stereocenters. The molecule has 4 rings (SSSR count). The fourth-order valence-electron chi connectivity index (χ4n) is 4.49. The predicted octanol–water partition coefficient (Wildman–Crippen LogP) is 2.90. The van der Waals surface area contributed by atoms with Crippen molar-refractivity contribution in [2.45, 2.75) is 63.2 Å². The lowest BCUT2D eigenvalue weighted by atomic mass is 9.90. The van der Waals surface area contributed by atoms with Gasteiger partial charge < -0.3 is 42.2 Å². The zero-order valence-electron chi connectivity index (χ0n) is 28.2. The number of aromatic nitrogens is 2. The van der Waals surface area contributed by atoms with E-state index in [9.17, 15) is 44.3 Å². The summed E-state index contributed by atoms with van der Waals surface area (Å²) >= 11 is 0. The van der Waals surface area contributed by atoms with Crippen molar-refractivity contribution in [2.75, 3.05) is 44.7 Å². The van der Waals surface area contributed by atoms with Gasteiger partial charge in [-0.1, -0.05) is 24.5 Å². The van der Waals surface area contributed by atoms with Crippen molar-refractivity contribution in [2.24, 2.45) is 16.5 Å². The maximum absolute atomic E-state index is 12.9. The third-order valence-electron chi connectivity index (χ3n) is 6.97. The van der Waals surface area contributed by atoms with Crippen LogP contribution in [0.3, 0.4) is 0 Å². The highest BCUT2D eigenvalue weighted by Crippen LogP contribution is 2.28. The normalized spacial score (nSPS) is 17.5. The molecule has 25 heteroatoms. The van der Waals surface area contributed by atoms with Gasteiger partial charge in [0.05, 0.1) is 30.8 Å². The predicted molar refractivity (Wildman–Crippen MR) is 170 cm³/mol. The molecule has 1 aliphatic carbocycles. The first-order valence-corrected chi connectivity index (χ1v) is 15.4. The van der Waals surface area contributed by atoms with Crippen LogP contribution < -0.4 is 22.1 Å². The van der Waals surface area contributed by atoms with Gasteiger partial charge in [-0.2, -0.15) is 39.5 Å². The first-order chi connectivity index (χ1) is 24.8. The van der Waals surface area contributed by atoms with Crippen LogP contribution in [0.15, 0.2) is 23.2 Å². The van der Waals surface area contributed by atoms with E-state index in [1.807, 2.05) is 25.1 Å². The molecule has 2 aromatic rings. The van der Waals surface area contributed by atoms with Crippen molar-refractivity contribution in [1.82, 2.24) is 20.2 Å². The lowest BCUT2D eigenvalue weighted by Gasteiger charge is -2.30. The number of carbonyl (C=O) groups excluding carboxylic acids is 1. The number of amides is 1. The second-order valence-electron chi connectivity index (χ2n) is 11.2. The Hall–Kier alpha value is -5.20. The highest BCUT2D eigenvalue weighted by Gasteiger charge is 2.39.